The van der Waals surface area contributed by atoms with E-state index in [0.29, 0.717) is 17.8 Å². The summed E-state index contributed by atoms with van der Waals surface area (Å²) < 4.78 is 6.11. The van der Waals surface area contributed by atoms with Gasteiger partial charge in [-0.15, -0.1) is 0 Å². The Morgan fingerprint density at radius 3 is 2.43 bits per heavy atom. The summed E-state index contributed by atoms with van der Waals surface area (Å²) in [6, 6.07) is 0.112. The van der Waals surface area contributed by atoms with Gasteiger partial charge in [0.25, 0.3) is 0 Å². The highest BCUT2D eigenvalue weighted by molar-refractivity contribution is 5.78. The molecule has 1 aliphatic carbocycles. The topological polar surface area (TPSA) is 58.6 Å². The van der Waals surface area contributed by atoms with Gasteiger partial charge in [-0.1, -0.05) is 27.2 Å². The van der Waals surface area contributed by atoms with E-state index in [1.165, 1.54) is 12.8 Å². The summed E-state index contributed by atoms with van der Waals surface area (Å²) in [5.41, 5.74) is -1.02. The first-order valence-electron chi connectivity index (χ1n) is 8.28. The Morgan fingerprint density at radius 2 is 1.95 bits per heavy atom. The van der Waals surface area contributed by atoms with E-state index in [-0.39, 0.29) is 18.8 Å². The normalized spacial score (nSPS) is 29.6. The summed E-state index contributed by atoms with van der Waals surface area (Å²) >= 11 is 0. The lowest BCUT2D eigenvalue weighted by Gasteiger charge is -2.39. The van der Waals surface area contributed by atoms with Gasteiger partial charge < -0.3 is 9.84 Å². The molecule has 21 heavy (non-hydrogen) atoms. The zero-order valence-corrected chi connectivity index (χ0v) is 14.5. The molecule has 2 N–H and O–H groups in total. The van der Waals surface area contributed by atoms with Crippen LogP contribution >= 0.6 is 0 Å². The van der Waals surface area contributed by atoms with Gasteiger partial charge in [-0.25, -0.2) is 0 Å². The first-order valence-corrected chi connectivity index (χ1v) is 8.28. The standard InChI is InChI=1S/C17H33NO3/c1-11(2)14-8-7-13(5)9-15(14)21-10-17(6,16(19)20)18-12(3)4/h11-15,18H,7-10H2,1-6H3,(H,19,20). The molecule has 1 aliphatic rings. The van der Waals surface area contributed by atoms with Crippen molar-refractivity contribution in [2.75, 3.05) is 6.61 Å². The molecule has 0 aromatic rings. The minimum Gasteiger partial charge on any atom is -0.480 e. The number of carboxylic acid groups (broad SMARTS) is 1. The van der Waals surface area contributed by atoms with Crippen LogP contribution in [0.2, 0.25) is 0 Å². The summed E-state index contributed by atoms with van der Waals surface area (Å²) in [4.78, 5) is 11.6. The van der Waals surface area contributed by atoms with Gasteiger partial charge in [0, 0.05) is 6.04 Å². The fraction of sp³-hybridized carbons (Fsp3) is 0.941. The van der Waals surface area contributed by atoms with Crippen LogP contribution in [-0.2, 0) is 9.53 Å². The van der Waals surface area contributed by atoms with Crippen LogP contribution in [0.4, 0.5) is 0 Å². The van der Waals surface area contributed by atoms with Crippen LogP contribution in [0, 0.1) is 17.8 Å². The van der Waals surface area contributed by atoms with Gasteiger partial charge >= 0.3 is 5.97 Å². The Balaban J connectivity index is 2.70. The fourth-order valence-electron chi connectivity index (χ4n) is 3.38. The second-order valence-electron chi connectivity index (χ2n) is 7.61. The maximum Gasteiger partial charge on any atom is 0.326 e. The Hall–Kier alpha value is -0.610. The number of carboxylic acids is 1. The van der Waals surface area contributed by atoms with Crippen molar-refractivity contribution < 1.29 is 14.6 Å². The van der Waals surface area contributed by atoms with Crippen LogP contribution in [0.1, 0.15) is 60.8 Å². The molecule has 0 saturated heterocycles. The van der Waals surface area contributed by atoms with Gasteiger partial charge in [0.15, 0.2) is 0 Å². The lowest BCUT2D eigenvalue weighted by atomic mass is 9.75. The van der Waals surface area contributed by atoms with Gasteiger partial charge in [0.1, 0.15) is 5.54 Å². The molecule has 0 amide bonds. The molecule has 0 aliphatic heterocycles. The second-order valence-corrected chi connectivity index (χ2v) is 7.61. The number of rotatable bonds is 7. The third-order valence-electron chi connectivity index (χ3n) is 4.63. The van der Waals surface area contributed by atoms with Gasteiger partial charge in [0.05, 0.1) is 12.7 Å². The van der Waals surface area contributed by atoms with E-state index >= 15 is 0 Å². The zero-order chi connectivity index (χ0) is 16.2. The van der Waals surface area contributed by atoms with E-state index in [0.717, 1.165) is 6.42 Å². The van der Waals surface area contributed by atoms with Gasteiger partial charge in [-0.05, 0) is 51.4 Å². The molecule has 0 aromatic carbocycles. The number of nitrogens with one attached hydrogen (secondary N) is 1. The van der Waals surface area contributed by atoms with Crippen molar-refractivity contribution >= 4 is 5.97 Å². The van der Waals surface area contributed by atoms with Gasteiger partial charge in [-0.2, -0.15) is 0 Å². The Labute approximate surface area is 129 Å². The van der Waals surface area contributed by atoms with Gasteiger partial charge in [-0.3, -0.25) is 10.1 Å². The molecular formula is C17H33NO3. The van der Waals surface area contributed by atoms with Crippen LogP contribution < -0.4 is 5.32 Å². The third kappa shape index (κ3) is 5.26. The maximum absolute atomic E-state index is 11.6. The van der Waals surface area contributed by atoms with Crippen molar-refractivity contribution in [3.05, 3.63) is 0 Å². The number of carbonyl (C=O) groups is 1. The highest BCUT2D eigenvalue weighted by Gasteiger charge is 2.37. The molecule has 4 unspecified atom stereocenters. The monoisotopic (exact) mass is 299 g/mol. The minimum absolute atomic E-state index is 0.112. The molecule has 0 spiro atoms. The van der Waals surface area contributed by atoms with E-state index < -0.39 is 11.5 Å². The number of hydrogen-bond donors (Lipinski definition) is 2. The summed E-state index contributed by atoms with van der Waals surface area (Å²) in [5, 5.41) is 12.6. The van der Waals surface area contributed by atoms with E-state index in [2.05, 4.69) is 26.1 Å². The third-order valence-corrected chi connectivity index (χ3v) is 4.63. The Kier molecular flexibility index (Phi) is 6.67. The van der Waals surface area contributed by atoms with E-state index in [1.54, 1.807) is 6.92 Å². The lowest BCUT2D eigenvalue weighted by Crippen LogP contribution is -2.56. The van der Waals surface area contributed by atoms with Crippen molar-refractivity contribution in [2.45, 2.75) is 78.5 Å². The number of aliphatic carboxylic acids is 1. The first kappa shape index (κ1) is 18.4. The molecule has 1 fully saturated rings. The molecule has 0 radical (unpaired) electrons. The molecular weight excluding hydrogens is 266 g/mol. The summed E-state index contributed by atoms with van der Waals surface area (Å²) in [5.74, 6) is 0.940. The van der Waals surface area contributed by atoms with Crippen LogP contribution in [0.25, 0.3) is 0 Å². The molecule has 1 rings (SSSR count). The molecule has 4 atom stereocenters. The van der Waals surface area contributed by atoms with Crippen molar-refractivity contribution in [1.82, 2.24) is 5.32 Å². The fourth-order valence-corrected chi connectivity index (χ4v) is 3.38. The number of hydrogen-bond acceptors (Lipinski definition) is 3. The van der Waals surface area contributed by atoms with E-state index in [9.17, 15) is 9.90 Å². The van der Waals surface area contributed by atoms with Crippen LogP contribution in [-0.4, -0.2) is 35.4 Å². The van der Waals surface area contributed by atoms with Crippen LogP contribution in [0.5, 0.6) is 0 Å². The lowest BCUT2D eigenvalue weighted by molar-refractivity contribution is -0.150. The van der Waals surface area contributed by atoms with Crippen LogP contribution in [0.3, 0.4) is 0 Å². The smallest absolute Gasteiger partial charge is 0.326 e. The zero-order valence-electron chi connectivity index (χ0n) is 14.5. The highest BCUT2D eigenvalue weighted by atomic mass is 16.5. The first-order chi connectivity index (χ1) is 9.65. The maximum atomic E-state index is 11.6. The average molecular weight is 299 g/mol. The van der Waals surface area contributed by atoms with Crippen molar-refractivity contribution in [3.8, 4) is 0 Å². The predicted octanol–water partition coefficient (Wildman–Crippen LogP) is 3.31. The van der Waals surface area contributed by atoms with Gasteiger partial charge in [0.2, 0.25) is 0 Å². The molecule has 0 bridgehead atoms. The van der Waals surface area contributed by atoms with Crippen LogP contribution in [0.15, 0.2) is 0 Å². The summed E-state index contributed by atoms with van der Waals surface area (Å²) in [6.07, 6.45) is 3.66. The van der Waals surface area contributed by atoms with Crippen molar-refractivity contribution in [3.63, 3.8) is 0 Å². The average Bonchev–Trinajstić information content (AvgIpc) is 2.35. The second kappa shape index (κ2) is 7.59. The van der Waals surface area contributed by atoms with E-state index in [4.69, 9.17) is 4.74 Å². The van der Waals surface area contributed by atoms with Crippen molar-refractivity contribution in [1.29, 1.82) is 0 Å². The molecule has 4 nitrogen and oxygen atoms in total. The summed E-state index contributed by atoms with van der Waals surface area (Å²) in [6.45, 7) is 12.6. The number of ether oxygens (including phenoxy) is 1. The molecule has 0 aromatic heterocycles. The largest absolute Gasteiger partial charge is 0.480 e. The molecule has 124 valence electrons. The highest BCUT2D eigenvalue weighted by Crippen LogP contribution is 2.35. The Bertz CT molecular complexity index is 343. The predicted molar refractivity (Wildman–Crippen MR) is 85.4 cm³/mol. The SMILES string of the molecule is CC1CCC(C(C)C)C(OCC(C)(NC(C)C)C(=O)O)C1. The summed E-state index contributed by atoms with van der Waals surface area (Å²) in [7, 11) is 0. The quantitative estimate of drug-likeness (QED) is 0.757. The molecule has 4 heteroatoms. The molecule has 1 saturated carbocycles. The Morgan fingerprint density at radius 1 is 1.33 bits per heavy atom. The van der Waals surface area contributed by atoms with E-state index in [1.807, 2.05) is 13.8 Å². The molecule has 0 heterocycles. The van der Waals surface area contributed by atoms with Crippen molar-refractivity contribution in [2.24, 2.45) is 17.8 Å². The minimum atomic E-state index is -1.02.